The molecule has 68 valence electrons. The second-order valence-electron chi connectivity index (χ2n) is 4.02. The van der Waals surface area contributed by atoms with Crippen LogP contribution < -0.4 is 0 Å². The van der Waals surface area contributed by atoms with E-state index in [2.05, 4.69) is 0 Å². The van der Waals surface area contributed by atoms with Gasteiger partial charge in [0.2, 0.25) is 0 Å². The van der Waals surface area contributed by atoms with Crippen LogP contribution in [-0.4, -0.2) is 18.5 Å². The third kappa shape index (κ3) is 1.28. The van der Waals surface area contributed by atoms with Crippen molar-refractivity contribution in [1.29, 1.82) is 0 Å². The van der Waals surface area contributed by atoms with Crippen molar-refractivity contribution in [3.05, 3.63) is 10.6 Å². The van der Waals surface area contributed by atoms with E-state index in [1.165, 1.54) is 18.4 Å². The van der Waals surface area contributed by atoms with E-state index >= 15 is 0 Å². The minimum atomic E-state index is -1.94. The largest absolute Gasteiger partial charge is 0.323 e. The molecule has 1 aliphatic carbocycles. The van der Waals surface area contributed by atoms with E-state index in [-0.39, 0.29) is 0 Å². The van der Waals surface area contributed by atoms with Crippen LogP contribution in [-0.2, 0) is 4.57 Å². The maximum Gasteiger partial charge on any atom is 0.0967 e. The van der Waals surface area contributed by atoms with Crippen molar-refractivity contribution < 1.29 is 4.57 Å². The van der Waals surface area contributed by atoms with Crippen LogP contribution in [0.5, 0.6) is 0 Å². The van der Waals surface area contributed by atoms with Gasteiger partial charge in [0.25, 0.3) is 0 Å². The molecule has 0 unspecified atom stereocenters. The zero-order valence-corrected chi connectivity index (χ0v) is 9.00. The molecule has 0 spiro atoms. The lowest BCUT2D eigenvalue weighted by atomic mass is 9.94. The van der Waals surface area contributed by atoms with Gasteiger partial charge < -0.3 is 4.57 Å². The Kier molecular flexibility index (Phi) is 2.13. The standard InChI is InChI=1S/C9H14ClOP/c1-12(11)6-8(10)7-4-2-3-5-9(7)12/h9H,2-6H2,1H3/t9-,12+/m0/s1. The fraction of sp³-hybridized carbons (Fsp3) is 0.778. The Morgan fingerprint density at radius 1 is 1.50 bits per heavy atom. The summed E-state index contributed by atoms with van der Waals surface area (Å²) in [7, 11) is -1.94. The van der Waals surface area contributed by atoms with Gasteiger partial charge in [0.1, 0.15) is 0 Å². The number of rotatable bonds is 0. The summed E-state index contributed by atoms with van der Waals surface area (Å²) in [5.41, 5.74) is 1.69. The van der Waals surface area contributed by atoms with Gasteiger partial charge in [0, 0.05) is 16.9 Å². The average molecular weight is 205 g/mol. The Bertz CT molecular complexity index is 282. The van der Waals surface area contributed by atoms with E-state index in [0.717, 1.165) is 17.9 Å². The molecule has 0 bridgehead atoms. The fourth-order valence-electron chi connectivity index (χ4n) is 2.40. The summed E-state index contributed by atoms with van der Waals surface area (Å²) in [6.07, 6.45) is 5.35. The number of fused-ring (bicyclic) bond motifs is 1. The molecule has 3 heteroatoms. The maximum absolute atomic E-state index is 12.1. The van der Waals surface area contributed by atoms with Gasteiger partial charge in [-0.15, -0.1) is 0 Å². The third-order valence-electron chi connectivity index (χ3n) is 3.04. The van der Waals surface area contributed by atoms with Crippen molar-refractivity contribution in [2.45, 2.75) is 31.3 Å². The molecule has 0 radical (unpaired) electrons. The van der Waals surface area contributed by atoms with Gasteiger partial charge >= 0.3 is 0 Å². The van der Waals surface area contributed by atoms with Crippen molar-refractivity contribution in [2.75, 3.05) is 12.8 Å². The first-order valence-corrected chi connectivity index (χ1v) is 7.33. The summed E-state index contributed by atoms with van der Waals surface area (Å²) in [6.45, 7) is 1.92. The molecular weight excluding hydrogens is 191 g/mol. The van der Waals surface area contributed by atoms with Crippen LogP contribution in [0.25, 0.3) is 0 Å². The predicted octanol–water partition coefficient (Wildman–Crippen LogP) is 3.43. The van der Waals surface area contributed by atoms with Crippen molar-refractivity contribution in [1.82, 2.24) is 0 Å². The zero-order valence-electron chi connectivity index (χ0n) is 7.35. The summed E-state index contributed by atoms with van der Waals surface area (Å²) < 4.78 is 12.1. The van der Waals surface area contributed by atoms with Crippen molar-refractivity contribution >= 4 is 18.7 Å². The highest BCUT2D eigenvalue weighted by molar-refractivity contribution is 7.64. The summed E-state index contributed by atoms with van der Waals surface area (Å²) in [4.78, 5) is 0. The van der Waals surface area contributed by atoms with Gasteiger partial charge in [0.05, 0.1) is 7.14 Å². The van der Waals surface area contributed by atoms with Crippen LogP contribution in [0.1, 0.15) is 25.7 Å². The molecule has 2 atom stereocenters. The van der Waals surface area contributed by atoms with Crippen molar-refractivity contribution in [2.24, 2.45) is 0 Å². The molecule has 0 aromatic rings. The molecule has 1 nitrogen and oxygen atoms in total. The van der Waals surface area contributed by atoms with Crippen molar-refractivity contribution in [3.63, 3.8) is 0 Å². The minimum Gasteiger partial charge on any atom is -0.323 e. The monoisotopic (exact) mass is 204 g/mol. The van der Waals surface area contributed by atoms with E-state index in [4.69, 9.17) is 11.6 Å². The Labute approximate surface area is 78.6 Å². The van der Waals surface area contributed by atoms with Gasteiger partial charge in [0.15, 0.2) is 0 Å². The molecule has 1 heterocycles. The molecule has 2 aliphatic rings. The first kappa shape index (κ1) is 8.84. The van der Waals surface area contributed by atoms with Crippen LogP contribution in [0.2, 0.25) is 0 Å². The van der Waals surface area contributed by atoms with Crippen molar-refractivity contribution in [3.8, 4) is 0 Å². The molecule has 1 saturated carbocycles. The van der Waals surface area contributed by atoms with E-state index in [0.29, 0.717) is 11.8 Å². The molecule has 0 aromatic carbocycles. The van der Waals surface area contributed by atoms with Crippen LogP contribution in [0, 0.1) is 0 Å². The summed E-state index contributed by atoms with van der Waals surface area (Å²) >= 11 is 6.08. The molecule has 0 saturated heterocycles. The molecule has 2 rings (SSSR count). The molecule has 0 amide bonds. The lowest BCUT2D eigenvalue weighted by Crippen LogP contribution is -2.12. The zero-order chi connectivity index (χ0) is 8.77. The second-order valence-corrected chi connectivity index (χ2v) is 7.77. The van der Waals surface area contributed by atoms with E-state index in [1.807, 2.05) is 6.66 Å². The Morgan fingerprint density at radius 3 is 2.92 bits per heavy atom. The number of allylic oxidation sites excluding steroid dienone is 2. The molecule has 12 heavy (non-hydrogen) atoms. The van der Waals surface area contributed by atoms with Crippen LogP contribution in [0.3, 0.4) is 0 Å². The summed E-state index contributed by atoms with van der Waals surface area (Å²) in [5.74, 6) is 0. The summed E-state index contributed by atoms with van der Waals surface area (Å²) in [5, 5.41) is 0.922. The fourth-order valence-corrected chi connectivity index (χ4v) is 6.06. The normalized spacial score (nSPS) is 41.7. The number of hydrogen-bond acceptors (Lipinski definition) is 1. The van der Waals surface area contributed by atoms with Crippen LogP contribution >= 0.6 is 18.7 Å². The van der Waals surface area contributed by atoms with E-state index < -0.39 is 7.14 Å². The highest BCUT2D eigenvalue weighted by Gasteiger charge is 2.40. The highest BCUT2D eigenvalue weighted by atomic mass is 35.5. The molecule has 0 aromatic heterocycles. The Hall–Kier alpha value is 0.260. The highest BCUT2D eigenvalue weighted by Crippen LogP contribution is 2.61. The predicted molar refractivity (Wildman–Crippen MR) is 53.5 cm³/mol. The quantitative estimate of drug-likeness (QED) is 0.553. The lowest BCUT2D eigenvalue weighted by Gasteiger charge is -2.24. The maximum atomic E-state index is 12.1. The number of halogens is 1. The molecule has 0 N–H and O–H groups in total. The molecular formula is C9H14ClOP. The third-order valence-corrected chi connectivity index (χ3v) is 6.43. The van der Waals surface area contributed by atoms with Gasteiger partial charge in [-0.25, -0.2) is 0 Å². The molecule has 1 aliphatic heterocycles. The molecule has 1 fully saturated rings. The minimum absolute atomic E-state index is 0.360. The lowest BCUT2D eigenvalue weighted by molar-refractivity contribution is 0.552. The first-order chi connectivity index (χ1) is 5.61. The van der Waals surface area contributed by atoms with Gasteiger partial charge in [-0.1, -0.05) is 18.0 Å². The summed E-state index contributed by atoms with van der Waals surface area (Å²) in [6, 6.07) is 0. The Morgan fingerprint density at radius 2 is 2.25 bits per heavy atom. The Balaban J connectivity index is 2.34. The van der Waals surface area contributed by atoms with E-state index in [1.54, 1.807) is 0 Å². The van der Waals surface area contributed by atoms with Crippen LogP contribution in [0.15, 0.2) is 10.6 Å². The van der Waals surface area contributed by atoms with Gasteiger partial charge in [-0.3, -0.25) is 0 Å². The van der Waals surface area contributed by atoms with Crippen LogP contribution in [0.4, 0.5) is 0 Å². The average Bonchev–Trinajstić information content (AvgIpc) is 2.25. The second kappa shape index (κ2) is 2.89. The SMILES string of the molecule is C[P@@]1(=O)CC(Cl)=C2CCCC[C@@H]21. The number of hydrogen-bond donors (Lipinski definition) is 0. The van der Waals surface area contributed by atoms with Gasteiger partial charge in [-0.2, -0.15) is 0 Å². The van der Waals surface area contributed by atoms with Gasteiger partial charge in [-0.05, 0) is 31.5 Å². The topological polar surface area (TPSA) is 17.1 Å². The van der Waals surface area contributed by atoms with E-state index in [9.17, 15) is 4.57 Å². The smallest absolute Gasteiger partial charge is 0.0967 e. The first-order valence-electron chi connectivity index (χ1n) is 4.55.